The van der Waals surface area contributed by atoms with Crippen LogP contribution in [-0.2, 0) is 13.1 Å². The van der Waals surface area contributed by atoms with Crippen LogP contribution >= 0.6 is 0 Å². The number of halogens is 2. The smallest absolute Gasteiger partial charge is 0.254 e. The molecule has 2 aromatic rings. The van der Waals surface area contributed by atoms with Gasteiger partial charge in [0.1, 0.15) is 18.0 Å². The van der Waals surface area contributed by atoms with Gasteiger partial charge in [-0.05, 0) is 25.1 Å². The van der Waals surface area contributed by atoms with Gasteiger partial charge in [-0.25, -0.2) is 8.78 Å². The van der Waals surface area contributed by atoms with Gasteiger partial charge in [-0.3, -0.25) is 4.79 Å². The number of carbonyl (C=O) groups is 1. The Balaban J connectivity index is 2.07. The SMILES string of the molecule is CCn1cnnc1CNC(=O)c1cc(F)ccc1F. The summed E-state index contributed by atoms with van der Waals surface area (Å²) in [7, 11) is 0. The molecule has 0 aliphatic carbocycles. The molecule has 0 atom stereocenters. The molecule has 0 bridgehead atoms. The minimum atomic E-state index is -0.768. The quantitative estimate of drug-likeness (QED) is 0.912. The maximum absolute atomic E-state index is 13.4. The van der Waals surface area contributed by atoms with Gasteiger partial charge in [-0.15, -0.1) is 10.2 Å². The second kappa shape index (κ2) is 5.55. The average Bonchev–Trinajstić information content (AvgIpc) is 2.86. The molecule has 1 amide bonds. The monoisotopic (exact) mass is 266 g/mol. The number of benzene rings is 1. The lowest BCUT2D eigenvalue weighted by atomic mass is 10.2. The number of hydrogen-bond acceptors (Lipinski definition) is 3. The Hall–Kier alpha value is -2.31. The molecule has 7 heteroatoms. The lowest BCUT2D eigenvalue weighted by Gasteiger charge is -2.06. The van der Waals surface area contributed by atoms with Crippen molar-refractivity contribution in [2.75, 3.05) is 0 Å². The first kappa shape index (κ1) is 13.1. The number of nitrogens with zero attached hydrogens (tertiary/aromatic N) is 3. The van der Waals surface area contributed by atoms with Crippen molar-refractivity contribution < 1.29 is 13.6 Å². The van der Waals surface area contributed by atoms with E-state index in [-0.39, 0.29) is 12.1 Å². The van der Waals surface area contributed by atoms with E-state index in [1.54, 1.807) is 4.57 Å². The van der Waals surface area contributed by atoms with E-state index in [2.05, 4.69) is 15.5 Å². The number of aryl methyl sites for hydroxylation is 1. The van der Waals surface area contributed by atoms with E-state index in [0.717, 1.165) is 18.2 Å². The number of amides is 1. The molecular formula is C12H12F2N4O. The summed E-state index contributed by atoms with van der Waals surface area (Å²) in [6.07, 6.45) is 1.53. The molecule has 19 heavy (non-hydrogen) atoms. The maximum Gasteiger partial charge on any atom is 0.254 e. The summed E-state index contributed by atoms with van der Waals surface area (Å²) in [4.78, 5) is 11.7. The van der Waals surface area contributed by atoms with Crippen LogP contribution in [0.5, 0.6) is 0 Å². The highest BCUT2D eigenvalue weighted by atomic mass is 19.1. The van der Waals surface area contributed by atoms with Gasteiger partial charge in [0.25, 0.3) is 5.91 Å². The molecule has 0 radical (unpaired) electrons. The van der Waals surface area contributed by atoms with Gasteiger partial charge in [-0.1, -0.05) is 0 Å². The summed E-state index contributed by atoms with van der Waals surface area (Å²) < 4.78 is 28.1. The average molecular weight is 266 g/mol. The van der Waals surface area contributed by atoms with Crippen LogP contribution in [-0.4, -0.2) is 20.7 Å². The Bertz CT molecular complexity index is 597. The Morgan fingerprint density at radius 2 is 2.21 bits per heavy atom. The Kier molecular flexibility index (Phi) is 3.84. The number of nitrogens with one attached hydrogen (secondary N) is 1. The fourth-order valence-electron chi connectivity index (χ4n) is 1.61. The highest BCUT2D eigenvalue weighted by molar-refractivity contribution is 5.94. The van der Waals surface area contributed by atoms with Crippen LogP contribution in [0.1, 0.15) is 23.1 Å². The first-order valence-corrected chi connectivity index (χ1v) is 5.71. The van der Waals surface area contributed by atoms with Crippen molar-refractivity contribution in [3.8, 4) is 0 Å². The molecule has 1 aromatic carbocycles. The number of hydrogen-bond donors (Lipinski definition) is 1. The van der Waals surface area contributed by atoms with Crippen molar-refractivity contribution in [3.05, 3.63) is 47.5 Å². The molecule has 0 spiro atoms. The van der Waals surface area contributed by atoms with Crippen LogP contribution in [0.25, 0.3) is 0 Å². The van der Waals surface area contributed by atoms with E-state index < -0.39 is 17.5 Å². The van der Waals surface area contributed by atoms with Crippen LogP contribution in [0.3, 0.4) is 0 Å². The number of rotatable bonds is 4. The van der Waals surface area contributed by atoms with Gasteiger partial charge in [0.2, 0.25) is 0 Å². The molecule has 0 saturated heterocycles. The molecule has 1 N–H and O–H groups in total. The molecule has 0 saturated carbocycles. The molecule has 0 aliphatic heterocycles. The van der Waals surface area contributed by atoms with E-state index >= 15 is 0 Å². The van der Waals surface area contributed by atoms with E-state index in [4.69, 9.17) is 0 Å². The van der Waals surface area contributed by atoms with Crippen molar-refractivity contribution in [1.82, 2.24) is 20.1 Å². The largest absolute Gasteiger partial charge is 0.345 e. The molecule has 1 heterocycles. The van der Waals surface area contributed by atoms with Gasteiger partial charge in [0.15, 0.2) is 5.82 Å². The fraction of sp³-hybridized carbons (Fsp3) is 0.250. The van der Waals surface area contributed by atoms with E-state index in [1.165, 1.54) is 6.33 Å². The van der Waals surface area contributed by atoms with Crippen LogP contribution in [0.15, 0.2) is 24.5 Å². The highest BCUT2D eigenvalue weighted by Crippen LogP contribution is 2.09. The molecule has 1 aromatic heterocycles. The second-order valence-electron chi connectivity index (χ2n) is 3.84. The first-order chi connectivity index (χ1) is 9.11. The van der Waals surface area contributed by atoms with Gasteiger partial charge in [0, 0.05) is 6.54 Å². The highest BCUT2D eigenvalue weighted by Gasteiger charge is 2.13. The van der Waals surface area contributed by atoms with E-state index in [0.29, 0.717) is 12.4 Å². The maximum atomic E-state index is 13.4. The van der Waals surface area contributed by atoms with Crippen molar-refractivity contribution >= 4 is 5.91 Å². The van der Waals surface area contributed by atoms with Crippen LogP contribution in [0.4, 0.5) is 8.78 Å². The molecule has 2 rings (SSSR count). The zero-order chi connectivity index (χ0) is 13.8. The van der Waals surface area contributed by atoms with Crippen molar-refractivity contribution in [2.24, 2.45) is 0 Å². The Labute approximate surface area is 108 Å². The molecule has 100 valence electrons. The number of carbonyl (C=O) groups excluding carboxylic acids is 1. The van der Waals surface area contributed by atoms with E-state index in [1.807, 2.05) is 6.92 Å². The summed E-state index contributed by atoms with van der Waals surface area (Å²) in [6.45, 7) is 2.66. The lowest BCUT2D eigenvalue weighted by molar-refractivity contribution is 0.0945. The summed E-state index contributed by atoms with van der Waals surface area (Å²) in [6, 6.07) is 2.73. The summed E-state index contributed by atoms with van der Waals surface area (Å²) in [5, 5.41) is 10.0. The summed E-state index contributed by atoms with van der Waals surface area (Å²) >= 11 is 0. The minimum absolute atomic E-state index is 0.0998. The normalized spacial score (nSPS) is 10.5. The third-order valence-corrected chi connectivity index (χ3v) is 2.62. The van der Waals surface area contributed by atoms with Crippen molar-refractivity contribution in [3.63, 3.8) is 0 Å². The van der Waals surface area contributed by atoms with Crippen molar-refractivity contribution in [1.29, 1.82) is 0 Å². The van der Waals surface area contributed by atoms with Gasteiger partial charge in [0.05, 0.1) is 12.1 Å². The first-order valence-electron chi connectivity index (χ1n) is 5.71. The Morgan fingerprint density at radius 3 is 2.95 bits per heavy atom. The third-order valence-electron chi connectivity index (χ3n) is 2.62. The zero-order valence-electron chi connectivity index (χ0n) is 10.2. The fourth-order valence-corrected chi connectivity index (χ4v) is 1.61. The lowest BCUT2D eigenvalue weighted by Crippen LogP contribution is -2.25. The molecule has 5 nitrogen and oxygen atoms in total. The third kappa shape index (κ3) is 2.93. The summed E-state index contributed by atoms with van der Waals surface area (Å²) in [5.41, 5.74) is -0.331. The second-order valence-corrected chi connectivity index (χ2v) is 3.84. The van der Waals surface area contributed by atoms with Gasteiger partial charge >= 0.3 is 0 Å². The molecule has 0 fully saturated rings. The van der Waals surface area contributed by atoms with Gasteiger partial charge in [-0.2, -0.15) is 0 Å². The predicted octanol–water partition coefficient (Wildman–Crippen LogP) is 1.51. The minimum Gasteiger partial charge on any atom is -0.345 e. The van der Waals surface area contributed by atoms with Crippen LogP contribution in [0.2, 0.25) is 0 Å². The van der Waals surface area contributed by atoms with Crippen LogP contribution in [0, 0.1) is 11.6 Å². The molecule has 0 unspecified atom stereocenters. The van der Waals surface area contributed by atoms with Crippen LogP contribution < -0.4 is 5.32 Å². The van der Waals surface area contributed by atoms with Crippen molar-refractivity contribution in [2.45, 2.75) is 20.0 Å². The van der Waals surface area contributed by atoms with Gasteiger partial charge < -0.3 is 9.88 Å². The Morgan fingerprint density at radius 1 is 1.42 bits per heavy atom. The zero-order valence-corrected chi connectivity index (χ0v) is 10.2. The predicted molar refractivity (Wildman–Crippen MR) is 63.2 cm³/mol. The standard InChI is InChI=1S/C12H12F2N4O/c1-2-18-7-16-17-11(18)6-15-12(19)9-5-8(13)3-4-10(9)14/h3-5,7H,2,6H2,1H3,(H,15,19). The topological polar surface area (TPSA) is 59.8 Å². The molecule has 0 aliphatic rings. The summed E-state index contributed by atoms with van der Waals surface area (Å²) in [5.74, 6) is -1.57. The number of aromatic nitrogens is 3. The molecular weight excluding hydrogens is 254 g/mol. The van der Waals surface area contributed by atoms with E-state index in [9.17, 15) is 13.6 Å².